The number of Topliss-reactive ketones (excluding diaryl/α,β-unsaturated/α-hetero) is 1. The number of benzene rings is 1. The van der Waals surface area contributed by atoms with Crippen molar-refractivity contribution in [2.45, 2.75) is 0 Å². The third-order valence-electron chi connectivity index (χ3n) is 3.01. The predicted molar refractivity (Wildman–Crippen MR) is 71.3 cm³/mol. The number of imide groups is 1. The van der Waals surface area contributed by atoms with Gasteiger partial charge < -0.3 is 9.47 Å². The van der Waals surface area contributed by atoms with Gasteiger partial charge in [-0.05, 0) is 18.2 Å². The summed E-state index contributed by atoms with van der Waals surface area (Å²) in [5.41, 5.74) is 0.395. The van der Waals surface area contributed by atoms with Gasteiger partial charge in [-0.15, -0.1) is 0 Å². The Balaban J connectivity index is 1.77. The Kier molecular flexibility index (Phi) is 3.35. The second-order valence-electron chi connectivity index (χ2n) is 4.32. The summed E-state index contributed by atoms with van der Waals surface area (Å²) in [7, 11) is 0. The van der Waals surface area contributed by atoms with E-state index in [9.17, 15) is 14.4 Å². The van der Waals surface area contributed by atoms with Crippen molar-refractivity contribution in [1.29, 1.82) is 0 Å². The first-order valence-electron chi connectivity index (χ1n) is 6.05. The van der Waals surface area contributed by atoms with Gasteiger partial charge in [-0.25, -0.2) is 0 Å². The van der Waals surface area contributed by atoms with Crippen LogP contribution in [0, 0.1) is 0 Å². The number of ketones is 1. The van der Waals surface area contributed by atoms with Crippen LogP contribution in [-0.2, 0) is 4.79 Å². The van der Waals surface area contributed by atoms with Crippen LogP contribution >= 0.6 is 11.8 Å². The molecule has 0 spiro atoms. The van der Waals surface area contributed by atoms with Crippen molar-refractivity contribution >= 4 is 28.7 Å². The molecule has 0 unspecified atom stereocenters. The molecule has 0 saturated carbocycles. The maximum Gasteiger partial charge on any atom is 0.289 e. The van der Waals surface area contributed by atoms with E-state index in [1.807, 2.05) is 0 Å². The fourth-order valence-electron chi connectivity index (χ4n) is 1.99. The topological polar surface area (TPSA) is 72.9 Å². The van der Waals surface area contributed by atoms with E-state index in [0.29, 0.717) is 30.3 Å². The van der Waals surface area contributed by atoms with E-state index in [4.69, 9.17) is 9.47 Å². The highest BCUT2D eigenvalue weighted by molar-refractivity contribution is 8.14. The molecule has 1 fully saturated rings. The van der Waals surface area contributed by atoms with Crippen molar-refractivity contribution in [2.75, 3.05) is 25.5 Å². The van der Waals surface area contributed by atoms with Crippen molar-refractivity contribution < 1.29 is 23.9 Å². The largest absolute Gasteiger partial charge is 0.486 e. The second-order valence-corrected chi connectivity index (χ2v) is 5.24. The van der Waals surface area contributed by atoms with Crippen LogP contribution in [0.4, 0.5) is 4.79 Å². The number of thioether (sulfide) groups is 1. The molecule has 0 atom stereocenters. The number of carbonyl (C=O) groups excluding carboxylic acids is 3. The smallest absolute Gasteiger partial charge is 0.289 e. The molecule has 2 heterocycles. The standard InChI is InChI=1S/C13H11NO5S/c15-9(6-14-12(16)7-20-13(14)17)8-1-2-10-11(5-8)19-4-3-18-10/h1-2,5H,3-4,6-7H2. The first kappa shape index (κ1) is 13.0. The van der Waals surface area contributed by atoms with E-state index in [0.717, 1.165) is 16.7 Å². The average molecular weight is 293 g/mol. The van der Waals surface area contributed by atoms with Crippen LogP contribution in [0.5, 0.6) is 11.5 Å². The minimum atomic E-state index is -0.374. The number of hydrogen-bond donors (Lipinski definition) is 0. The van der Waals surface area contributed by atoms with Gasteiger partial charge in [0.1, 0.15) is 13.2 Å². The van der Waals surface area contributed by atoms with Crippen LogP contribution in [0.2, 0.25) is 0 Å². The number of carbonyl (C=O) groups is 3. The Morgan fingerprint density at radius 3 is 2.65 bits per heavy atom. The zero-order chi connectivity index (χ0) is 14.1. The van der Waals surface area contributed by atoms with Gasteiger partial charge in [-0.1, -0.05) is 11.8 Å². The molecule has 1 aromatic rings. The maximum absolute atomic E-state index is 12.1. The maximum atomic E-state index is 12.1. The number of nitrogens with zero attached hydrogens (tertiary/aromatic N) is 1. The van der Waals surface area contributed by atoms with Gasteiger partial charge >= 0.3 is 0 Å². The molecule has 104 valence electrons. The van der Waals surface area contributed by atoms with E-state index in [-0.39, 0.29) is 29.2 Å². The van der Waals surface area contributed by atoms with Crippen LogP contribution < -0.4 is 9.47 Å². The van der Waals surface area contributed by atoms with E-state index >= 15 is 0 Å². The SMILES string of the molecule is O=C(CN1C(=O)CSC1=O)c1ccc2c(c1)OCCO2. The number of ether oxygens (including phenoxy) is 2. The van der Waals surface area contributed by atoms with E-state index in [1.165, 1.54) is 0 Å². The summed E-state index contributed by atoms with van der Waals surface area (Å²) in [5.74, 6) is 0.581. The van der Waals surface area contributed by atoms with Crippen LogP contribution in [0.15, 0.2) is 18.2 Å². The van der Waals surface area contributed by atoms with Crippen molar-refractivity contribution in [1.82, 2.24) is 4.90 Å². The van der Waals surface area contributed by atoms with Crippen molar-refractivity contribution in [2.24, 2.45) is 0 Å². The molecule has 1 saturated heterocycles. The lowest BCUT2D eigenvalue weighted by atomic mass is 10.1. The highest BCUT2D eigenvalue weighted by atomic mass is 32.2. The molecule has 0 N–H and O–H groups in total. The minimum absolute atomic E-state index is 0.104. The van der Waals surface area contributed by atoms with E-state index in [2.05, 4.69) is 0 Å². The lowest BCUT2D eigenvalue weighted by Crippen LogP contribution is -2.34. The highest BCUT2D eigenvalue weighted by Crippen LogP contribution is 2.31. The molecule has 0 radical (unpaired) electrons. The summed E-state index contributed by atoms with van der Waals surface area (Å²) in [5, 5.41) is -0.374. The molecule has 3 rings (SSSR count). The molecule has 0 aliphatic carbocycles. The van der Waals surface area contributed by atoms with Gasteiger partial charge in [-0.3, -0.25) is 19.3 Å². The third-order valence-corrected chi connectivity index (χ3v) is 3.87. The number of amides is 2. The van der Waals surface area contributed by atoms with Crippen molar-refractivity contribution in [3.8, 4) is 11.5 Å². The fourth-order valence-corrected chi connectivity index (χ4v) is 2.71. The molecule has 0 bridgehead atoms. The van der Waals surface area contributed by atoms with Crippen LogP contribution in [-0.4, -0.2) is 47.3 Å². The monoisotopic (exact) mass is 293 g/mol. The molecule has 20 heavy (non-hydrogen) atoms. The molecular weight excluding hydrogens is 282 g/mol. The summed E-state index contributed by atoms with van der Waals surface area (Å²) < 4.78 is 10.8. The third kappa shape index (κ3) is 2.36. The van der Waals surface area contributed by atoms with Crippen LogP contribution in [0.25, 0.3) is 0 Å². The molecule has 0 aromatic heterocycles. The van der Waals surface area contributed by atoms with Gasteiger partial charge in [0.05, 0.1) is 12.3 Å². The van der Waals surface area contributed by atoms with Crippen molar-refractivity contribution in [3.63, 3.8) is 0 Å². The van der Waals surface area contributed by atoms with Crippen molar-refractivity contribution in [3.05, 3.63) is 23.8 Å². The van der Waals surface area contributed by atoms with Gasteiger partial charge in [-0.2, -0.15) is 0 Å². The normalized spacial score (nSPS) is 17.5. The Morgan fingerprint density at radius 1 is 1.20 bits per heavy atom. The van der Waals surface area contributed by atoms with E-state index < -0.39 is 0 Å². The average Bonchev–Trinajstić information content (AvgIpc) is 2.78. The Labute approximate surface area is 119 Å². The molecule has 2 aliphatic heterocycles. The predicted octanol–water partition coefficient (Wildman–Crippen LogP) is 1.34. The van der Waals surface area contributed by atoms with Crippen LogP contribution in [0.1, 0.15) is 10.4 Å². The van der Waals surface area contributed by atoms with Gasteiger partial charge in [0.2, 0.25) is 5.91 Å². The molecule has 2 aliphatic rings. The summed E-state index contributed by atoms with van der Waals surface area (Å²) in [6.45, 7) is 0.684. The molecular formula is C13H11NO5S. The Bertz CT molecular complexity index is 584. The zero-order valence-electron chi connectivity index (χ0n) is 10.5. The second kappa shape index (κ2) is 5.16. The van der Waals surface area contributed by atoms with Gasteiger partial charge in [0.15, 0.2) is 17.3 Å². The van der Waals surface area contributed by atoms with E-state index in [1.54, 1.807) is 18.2 Å². The fraction of sp³-hybridized carbons (Fsp3) is 0.308. The molecule has 6 nitrogen and oxygen atoms in total. The highest BCUT2D eigenvalue weighted by Gasteiger charge is 2.31. The zero-order valence-corrected chi connectivity index (χ0v) is 11.3. The summed E-state index contributed by atoms with van der Waals surface area (Å²) in [6.07, 6.45) is 0. The van der Waals surface area contributed by atoms with Gasteiger partial charge in [0.25, 0.3) is 5.24 Å². The number of fused-ring (bicyclic) bond motifs is 1. The van der Waals surface area contributed by atoms with Gasteiger partial charge in [0, 0.05) is 5.56 Å². The quantitative estimate of drug-likeness (QED) is 0.783. The summed E-state index contributed by atoms with van der Waals surface area (Å²) in [4.78, 5) is 36.0. The Morgan fingerprint density at radius 2 is 1.95 bits per heavy atom. The number of hydrogen-bond acceptors (Lipinski definition) is 6. The lowest BCUT2D eigenvalue weighted by Gasteiger charge is -2.19. The van der Waals surface area contributed by atoms with Crippen LogP contribution in [0.3, 0.4) is 0 Å². The summed E-state index contributed by atoms with van der Waals surface area (Å²) in [6, 6.07) is 4.84. The number of rotatable bonds is 3. The minimum Gasteiger partial charge on any atom is -0.486 e. The first-order chi connectivity index (χ1) is 9.65. The molecule has 7 heteroatoms. The summed E-state index contributed by atoms with van der Waals surface area (Å²) >= 11 is 0.914. The lowest BCUT2D eigenvalue weighted by molar-refractivity contribution is -0.124. The Hall–Kier alpha value is -2.02. The molecule has 2 amide bonds. The first-order valence-corrected chi connectivity index (χ1v) is 7.03. The molecule has 1 aromatic carbocycles.